The Morgan fingerprint density at radius 3 is 2.57 bits per heavy atom. The van der Waals surface area contributed by atoms with E-state index in [0.717, 1.165) is 11.4 Å². The second kappa shape index (κ2) is 8.93. The molecular weight excluding hydrogens is 408 g/mol. The van der Waals surface area contributed by atoms with Gasteiger partial charge in [0.15, 0.2) is 0 Å². The first-order valence-corrected chi connectivity index (χ1v) is 9.66. The zero-order valence-corrected chi connectivity index (χ0v) is 16.7. The number of anilines is 2. The van der Waals surface area contributed by atoms with Crippen molar-refractivity contribution < 1.29 is 14.3 Å². The fraction of sp³-hybridized carbons (Fsp3) is 0.200. The highest BCUT2D eigenvalue weighted by Gasteiger charge is 2.20. The van der Waals surface area contributed by atoms with Gasteiger partial charge in [0, 0.05) is 22.9 Å². The number of benzene rings is 2. The molecule has 2 aromatic carbocycles. The van der Waals surface area contributed by atoms with E-state index in [4.69, 9.17) is 16.3 Å². The van der Waals surface area contributed by atoms with E-state index in [9.17, 15) is 9.59 Å². The van der Waals surface area contributed by atoms with Gasteiger partial charge >= 0.3 is 6.03 Å². The van der Waals surface area contributed by atoms with Crippen LogP contribution in [0.15, 0.2) is 54.7 Å². The minimum Gasteiger partial charge on any atom is -0.370 e. The Morgan fingerprint density at radius 2 is 1.83 bits per heavy atom. The first kappa shape index (κ1) is 19.9. The summed E-state index contributed by atoms with van der Waals surface area (Å²) in [4.78, 5) is 25.6. The first-order chi connectivity index (χ1) is 14.6. The van der Waals surface area contributed by atoms with Gasteiger partial charge in [0.05, 0.1) is 25.0 Å². The average Bonchev–Trinajstić information content (AvgIpc) is 3.24. The van der Waals surface area contributed by atoms with Gasteiger partial charge in [-0.1, -0.05) is 16.8 Å². The van der Waals surface area contributed by atoms with Gasteiger partial charge in [-0.2, -0.15) is 0 Å². The van der Waals surface area contributed by atoms with Crippen LogP contribution in [0.3, 0.4) is 0 Å². The third-order valence-electron chi connectivity index (χ3n) is 4.48. The number of amides is 3. The normalized spacial score (nSPS) is 13.9. The molecule has 1 aliphatic heterocycles. The lowest BCUT2D eigenvalue weighted by Crippen LogP contribution is -2.41. The van der Waals surface area contributed by atoms with Crippen LogP contribution in [0.2, 0.25) is 5.02 Å². The summed E-state index contributed by atoms with van der Waals surface area (Å²) in [5.41, 5.74) is 2.85. The van der Waals surface area contributed by atoms with E-state index in [1.54, 1.807) is 40.0 Å². The molecule has 0 spiro atoms. The molecule has 2 N–H and O–H groups in total. The fourth-order valence-corrected chi connectivity index (χ4v) is 3.09. The second-order valence-corrected chi connectivity index (χ2v) is 7.02. The molecule has 0 atom stereocenters. The van der Waals surface area contributed by atoms with Crippen LogP contribution in [0.5, 0.6) is 0 Å². The third-order valence-corrected chi connectivity index (χ3v) is 4.74. The molecule has 0 radical (unpaired) electrons. The predicted molar refractivity (Wildman–Crippen MR) is 112 cm³/mol. The van der Waals surface area contributed by atoms with Gasteiger partial charge < -0.3 is 20.3 Å². The van der Waals surface area contributed by atoms with Crippen molar-refractivity contribution in [3.05, 3.63) is 65.4 Å². The Morgan fingerprint density at radius 1 is 1.10 bits per heavy atom. The molecule has 9 nitrogen and oxygen atoms in total. The summed E-state index contributed by atoms with van der Waals surface area (Å²) in [7, 11) is 0. The summed E-state index contributed by atoms with van der Waals surface area (Å²) in [6.07, 6.45) is 1.73. The van der Waals surface area contributed by atoms with Gasteiger partial charge in [-0.15, -0.1) is 5.10 Å². The van der Waals surface area contributed by atoms with Gasteiger partial charge in [-0.25, -0.2) is 9.48 Å². The van der Waals surface area contributed by atoms with Crippen LogP contribution in [-0.2, 0) is 16.1 Å². The summed E-state index contributed by atoms with van der Waals surface area (Å²) < 4.78 is 6.76. The summed E-state index contributed by atoms with van der Waals surface area (Å²) in [5.74, 6) is -0.0556. The van der Waals surface area contributed by atoms with E-state index < -0.39 is 0 Å². The smallest absolute Gasteiger partial charge is 0.319 e. The summed E-state index contributed by atoms with van der Waals surface area (Å²) in [6.45, 7) is 1.39. The lowest BCUT2D eigenvalue weighted by molar-refractivity contribution is -0.125. The molecule has 30 heavy (non-hydrogen) atoms. The zero-order chi connectivity index (χ0) is 20.9. The molecular formula is C20H19ClN6O3. The maximum absolute atomic E-state index is 12.0. The number of nitrogens with one attached hydrogen (secondary N) is 2. The standard InChI is InChI=1S/C20H19ClN6O3/c21-14-1-3-15(4-2-14)23-20(29)22-11-16-12-27(25-24-16)18-7-5-17(6-8-18)26-9-10-30-13-19(26)28/h1-8,12H,9-11,13H2,(H2,22,23,29). The Kier molecular flexibility index (Phi) is 5.92. The quantitative estimate of drug-likeness (QED) is 0.653. The Bertz CT molecular complexity index is 1040. The van der Waals surface area contributed by atoms with Crippen LogP contribution in [0.4, 0.5) is 16.2 Å². The number of carbonyl (C=O) groups excluding carboxylic acids is 2. The molecule has 1 saturated heterocycles. The lowest BCUT2D eigenvalue weighted by Gasteiger charge is -2.26. The fourth-order valence-electron chi connectivity index (χ4n) is 2.96. The van der Waals surface area contributed by atoms with Crippen molar-refractivity contribution in [3.8, 4) is 5.69 Å². The predicted octanol–water partition coefficient (Wildman–Crippen LogP) is 2.61. The number of hydrogen-bond donors (Lipinski definition) is 2. The third kappa shape index (κ3) is 4.76. The number of carbonyl (C=O) groups is 2. The topological polar surface area (TPSA) is 101 Å². The van der Waals surface area contributed by atoms with Crippen LogP contribution >= 0.6 is 11.6 Å². The highest BCUT2D eigenvalue weighted by molar-refractivity contribution is 6.30. The number of ether oxygens (including phenoxy) is 1. The number of morpholine rings is 1. The highest BCUT2D eigenvalue weighted by Crippen LogP contribution is 2.19. The van der Waals surface area contributed by atoms with E-state index in [1.807, 2.05) is 24.3 Å². The van der Waals surface area contributed by atoms with E-state index in [2.05, 4.69) is 20.9 Å². The van der Waals surface area contributed by atoms with E-state index in [1.165, 1.54) is 0 Å². The highest BCUT2D eigenvalue weighted by atomic mass is 35.5. The molecule has 4 rings (SSSR count). The van der Waals surface area contributed by atoms with Crippen LogP contribution < -0.4 is 15.5 Å². The average molecular weight is 427 g/mol. The lowest BCUT2D eigenvalue weighted by atomic mass is 10.2. The first-order valence-electron chi connectivity index (χ1n) is 9.29. The number of hydrogen-bond acceptors (Lipinski definition) is 5. The molecule has 1 fully saturated rings. The van der Waals surface area contributed by atoms with Crippen molar-refractivity contribution in [2.24, 2.45) is 0 Å². The Balaban J connectivity index is 1.34. The van der Waals surface area contributed by atoms with Gasteiger partial charge in [0.2, 0.25) is 0 Å². The molecule has 0 unspecified atom stereocenters. The summed E-state index contributed by atoms with van der Waals surface area (Å²) in [6, 6.07) is 13.9. The van der Waals surface area contributed by atoms with E-state index >= 15 is 0 Å². The second-order valence-electron chi connectivity index (χ2n) is 6.58. The number of halogens is 1. The maximum atomic E-state index is 12.0. The van der Waals surface area contributed by atoms with Crippen molar-refractivity contribution in [2.45, 2.75) is 6.54 Å². The van der Waals surface area contributed by atoms with Gasteiger partial charge in [0.1, 0.15) is 12.3 Å². The van der Waals surface area contributed by atoms with E-state index in [-0.39, 0.29) is 25.1 Å². The van der Waals surface area contributed by atoms with Crippen LogP contribution in [0.1, 0.15) is 5.69 Å². The van der Waals surface area contributed by atoms with Crippen molar-refractivity contribution in [1.82, 2.24) is 20.3 Å². The molecule has 10 heteroatoms. The maximum Gasteiger partial charge on any atom is 0.319 e. The number of nitrogens with zero attached hydrogens (tertiary/aromatic N) is 4. The van der Waals surface area contributed by atoms with Gasteiger partial charge in [-0.3, -0.25) is 4.79 Å². The van der Waals surface area contributed by atoms with Gasteiger partial charge in [0.25, 0.3) is 5.91 Å². The van der Waals surface area contributed by atoms with Crippen LogP contribution in [0.25, 0.3) is 5.69 Å². The largest absolute Gasteiger partial charge is 0.370 e. The van der Waals surface area contributed by atoms with Crippen LogP contribution in [-0.4, -0.2) is 46.7 Å². The molecule has 0 saturated carbocycles. The molecule has 3 aromatic rings. The van der Waals surface area contributed by atoms with Gasteiger partial charge in [-0.05, 0) is 48.5 Å². The number of rotatable bonds is 5. The van der Waals surface area contributed by atoms with Crippen molar-refractivity contribution in [3.63, 3.8) is 0 Å². The minimum atomic E-state index is -0.355. The van der Waals surface area contributed by atoms with Crippen molar-refractivity contribution >= 4 is 34.9 Å². The molecule has 3 amide bonds. The molecule has 1 aromatic heterocycles. The van der Waals surface area contributed by atoms with E-state index in [0.29, 0.717) is 29.6 Å². The molecule has 2 heterocycles. The molecule has 0 aliphatic carbocycles. The van der Waals surface area contributed by atoms with Crippen molar-refractivity contribution in [1.29, 1.82) is 0 Å². The Labute approximate surface area is 177 Å². The molecule has 154 valence electrons. The Hall–Kier alpha value is -3.43. The van der Waals surface area contributed by atoms with Crippen molar-refractivity contribution in [2.75, 3.05) is 30.0 Å². The minimum absolute atomic E-state index is 0.0556. The summed E-state index contributed by atoms with van der Waals surface area (Å²) >= 11 is 5.83. The number of aromatic nitrogens is 3. The number of urea groups is 1. The molecule has 1 aliphatic rings. The monoisotopic (exact) mass is 426 g/mol. The SMILES string of the molecule is O=C(NCc1cn(-c2ccc(N3CCOCC3=O)cc2)nn1)Nc1ccc(Cl)cc1. The molecule has 0 bridgehead atoms. The zero-order valence-electron chi connectivity index (χ0n) is 15.9. The summed E-state index contributed by atoms with van der Waals surface area (Å²) in [5, 5.41) is 14.2. The van der Waals surface area contributed by atoms with Crippen LogP contribution in [0, 0.1) is 0 Å².